The summed E-state index contributed by atoms with van der Waals surface area (Å²) in [6, 6.07) is 3.72. The molecule has 0 radical (unpaired) electrons. The molecule has 1 amide bonds. The van der Waals surface area contributed by atoms with Crippen molar-refractivity contribution < 1.29 is 14.7 Å². The summed E-state index contributed by atoms with van der Waals surface area (Å²) in [4.78, 5) is 21.8. The summed E-state index contributed by atoms with van der Waals surface area (Å²) in [5, 5.41) is 13.1. The van der Waals surface area contributed by atoms with E-state index in [1.807, 2.05) is 5.06 Å². The molecule has 0 spiro atoms. The largest absolute Gasteiger partial charge is 0.395 e. The standard InChI is InChI=1S/C14H17N3O3/c18-8-7-15-14(19)10-1-6-13(16-9-10)17-11-2-4-12(20-17)5-3-11/h1-2,4,6,9,11-12,18H,3,5,7-8H2,(H,15,19). The number of carbonyl (C=O) groups excluding carboxylic acids is 1. The Hall–Kier alpha value is -1.92. The second kappa shape index (κ2) is 5.60. The minimum absolute atomic E-state index is 0.0751. The van der Waals surface area contributed by atoms with Crippen LogP contribution in [0.4, 0.5) is 5.82 Å². The lowest BCUT2D eigenvalue weighted by Gasteiger charge is -2.40. The van der Waals surface area contributed by atoms with Gasteiger partial charge in [-0.1, -0.05) is 12.2 Å². The van der Waals surface area contributed by atoms with Crippen molar-refractivity contribution in [1.29, 1.82) is 0 Å². The number of nitrogens with one attached hydrogen (secondary N) is 1. The quantitative estimate of drug-likeness (QED) is 0.789. The van der Waals surface area contributed by atoms with E-state index in [0.29, 0.717) is 11.4 Å². The van der Waals surface area contributed by atoms with Crippen LogP contribution in [0.1, 0.15) is 23.2 Å². The van der Waals surface area contributed by atoms with Gasteiger partial charge in [0.2, 0.25) is 0 Å². The van der Waals surface area contributed by atoms with Crippen molar-refractivity contribution in [2.45, 2.75) is 25.0 Å². The van der Waals surface area contributed by atoms with Crippen molar-refractivity contribution >= 4 is 11.7 Å². The molecule has 6 nitrogen and oxygen atoms in total. The molecule has 1 aliphatic carbocycles. The van der Waals surface area contributed by atoms with E-state index in [0.717, 1.165) is 12.8 Å². The lowest BCUT2D eigenvalue weighted by Crippen LogP contribution is -2.46. The molecule has 1 fully saturated rings. The number of pyridine rings is 1. The molecule has 1 aromatic heterocycles. The fourth-order valence-corrected chi connectivity index (χ4v) is 2.43. The van der Waals surface area contributed by atoms with Gasteiger partial charge < -0.3 is 10.4 Å². The lowest BCUT2D eigenvalue weighted by atomic mass is 9.98. The molecular formula is C14H17N3O3. The topological polar surface area (TPSA) is 74.7 Å². The van der Waals surface area contributed by atoms with E-state index in [1.165, 1.54) is 6.20 Å². The number of hydrogen-bond acceptors (Lipinski definition) is 5. The molecule has 3 aliphatic rings. The Kier molecular flexibility index (Phi) is 3.66. The van der Waals surface area contributed by atoms with Gasteiger partial charge in [0.1, 0.15) is 6.10 Å². The maximum atomic E-state index is 11.7. The van der Waals surface area contributed by atoms with Crippen LogP contribution in [-0.2, 0) is 4.84 Å². The molecule has 2 N–H and O–H groups in total. The van der Waals surface area contributed by atoms with Gasteiger partial charge in [-0.2, -0.15) is 0 Å². The Balaban J connectivity index is 1.70. The first kappa shape index (κ1) is 13.1. The number of aliphatic hydroxyl groups excluding tert-OH is 1. The predicted octanol–water partition coefficient (Wildman–Crippen LogP) is 0.642. The third kappa shape index (κ3) is 2.52. The van der Waals surface area contributed by atoms with Gasteiger partial charge in [-0.3, -0.25) is 9.63 Å². The maximum Gasteiger partial charge on any atom is 0.252 e. The summed E-state index contributed by atoms with van der Waals surface area (Å²) >= 11 is 0. The van der Waals surface area contributed by atoms with Crippen LogP contribution in [0.3, 0.4) is 0 Å². The number of carbonyl (C=O) groups is 1. The van der Waals surface area contributed by atoms with Crippen molar-refractivity contribution in [2.24, 2.45) is 0 Å². The summed E-state index contributed by atoms with van der Waals surface area (Å²) in [6.07, 6.45) is 7.98. The average molecular weight is 275 g/mol. The fraction of sp³-hybridized carbons (Fsp3) is 0.429. The molecule has 106 valence electrons. The van der Waals surface area contributed by atoms with E-state index in [9.17, 15) is 4.79 Å². The van der Waals surface area contributed by atoms with Crippen molar-refractivity contribution in [3.05, 3.63) is 36.0 Å². The summed E-state index contributed by atoms with van der Waals surface area (Å²) in [7, 11) is 0. The minimum Gasteiger partial charge on any atom is -0.395 e. The van der Waals surface area contributed by atoms with Crippen molar-refractivity contribution in [2.75, 3.05) is 18.2 Å². The average Bonchev–Trinajstić information content (AvgIpc) is 2.54. The van der Waals surface area contributed by atoms with E-state index < -0.39 is 0 Å². The number of aliphatic hydroxyl groups is 1. The maximum absolute atomic E-state index is 11.7. The van der Waals surface area contributed by atoms with Gasteiger partial charge >= 0.3 is 0 Å². The van der Waals surface area contributed by atoms with Crippen LogP contribution in [0.2, 0.25) is 0 Å². The Bertz CT molecular complexity index is 515. The first-order valence-corrected chi connectivity index (χ1v) is 6.77. The minimum atomic E-state index is -0.237. The van der Waals surface area contributed by atoms with E-state index in [-0.39, 0.29) is 31.2 Å². The number of hydrogen-bond donors (Lipinski definition) is 2. The highest BCUT2D eigenvalue weighted by atomic mass is 16.7. The monoisotopic (exact) mass is 275 g/mol. The summed E-state index contributed by atoms with van der Waals surface area (Å²) in [5.41, 5.74) is 0.472. The van der Waals surface area contributed by atoms with E-state index in [2.05, 4.69) is 22.5 Å². The second-order valence-electron chi connectivity index (χ2n) is 4.88. The summed E-state index contributed by atoms with van der Waals surface area (Å²) < 4.78 is 0. The third-order valence-electron chi connectivity index (χ3n) is 3.48. The van der Waals surface area contributed by atoms with Gasteiger partial charge in [-0.15, -0.1) is 0 Å². The van der Waals surface area contributed by atoms with Crippen molar-refractivity contribution in [1.82, 2.24) is 10.3 Å². The van der Waals surface area contributed by atoms with Crippen LogP contribution in [0.25, 0.3) is 0 Å². The smallest absolute Gasteiger partial charge is 0.252 e. The van der Waals surface area contributed by atoms with Crippen molar-refractivity contribution in [3.8, 4) is 0 Å². The summed E-state index contributed by atoms with van der Waals surface area (Å²) in [5.74, 6) is 0.474. The van der Waals surface area contributed by atoms with Gasteiger partial charge in [0, 0.05) is 12.7 Å². The Morgan fingerprint density at radius 1 is 1.45 bits per heavy atom. The molecule has 4 rings (SSSR count). The van der Waals surface area contributed by atoms with Crippen LogP contribution >= 0.6 is 0 Å². The molecule has 2 aliphatic heterocycles. The van der Waals surface area contributed by atoms with Crippen LogP contribution in [0, 0.1) is 0 Å². The molecule has 3 heterocycles. The number of rotatable bonds is 4. The molecule has 0 aromatic carbocycles. The molecule has 0 saturated carbocycles. The zero-order valence-corrected chi connectivity index (χ0v) is 11.0. The first-order valence-electron chi connectivity index (χ1n) is 6.77. The fourth-order valence-electron chi connectivity index (χ4n) is 2.43. The van der Waals surface area contributed by atoms with E-state index in [4.69, 9.17) is 9.94 Å². The molecule has 2 unspecified atom stereocenters. The number of hydroxylamine groups is 1. The number of fused-ring (bicyclic) bond motifs is 2. The number of nitrogens with zero attached hydrogens (tertiary/aromatic N) is 2. The third-order valence-corrected chi connectivity index (χ3v) is 3.48. The van der Waals surface area contributed by atoms with Gasteiger partial charge in [-0.25, -0.2) is 10.0 Å². The highest BCUT2D eigenvalue weighted by Gasteiger charge is 2.31. The molecule has 1 aromatic rings. The number of amides is 1. The molecule has 2 bridgehead atoms. The van der Waals surface area contributed by atoms with Gasteiger partial charge in [0.25, 0.3) is 5.91 Å². The van der Waals surface area contributed by atoms with Crippen LogP contribution < -0.4 is 10.4 Å². The number of anilines is 1. The SMILES string of the molecule is O=C(NCCO)c1ccc(N2OC3C=CC2CC3)nc1. The van der Waals surface area contributed by atoms with E-state index >= 15 is 0 Å². The van der Waals surface area contributed by atoms with Crippen LogP contribution in [-0.4, -0.2) is 41.3 Å². The molecule has 20 heavy (non-hydrogen) atoms. The molecular weight excluding hydrogens is 258 g/mol. The molecule has 6 heteroatoms. The molecule has 1 saturated heterocycles. The normalized spacial score (nSPS) is 23.9. The van der Waals surface area contributed by atoms with Crippen LogP contribution in [0.5, 0.6) is 0 Å². The van der Waals surface area contributed by atoms with Crippen molar-refractivity contribution in [3.63, 3.8) is 0 Å². The molecule has 2 atom stereocenters. The predicted molar refractivity (Wildman–Crippen MR) is 73.2 cm³/mol. The second-order valence-corrected chi connectivity index (χ2v) is 4.88. The number of aromatic nitrogens is 1. The zero-order chi connectivity index (χ0) is 13.9. The van der Waals surface area contributed by atoms with Gasteiger partial charge in [-0.05, 0) is 25.0 Å². The van der Waals surface area contributed by atoms with Gasteiger partial charge in [0.15, 0.2) is 5.82 Å². The van der Waals surface area contributed by atoms with Crippen LogP contribution in [0.15, 0.2) is 30.5 Å². The van der Waals surface area contributed by atoms with Gasteiger partial charge in [0.05, 0.1) is 18.2 Å². The Labute approximate surface area is 117 Å². The summed E-state index contributed by atoms with van der Waals surface area (Å²) in [6.45, 7) is 0.165. The lowest BCUT2D eigenvalue weighted by molar-refractivity contribution is 0.00214. The zero-order valence-electron chi connectivity index (χ0n) is 11.0. The highest BCUT2D eigenvalue weighted by molar-refractivity contribution is 5.94. The highest BCUT2D eigenvalue weighted by Crippen LogP contribution is 2.30. The first-order chi connectivity index (χ1) is 9.78. The Morgan fingerprint density at radius 3 is 2.90 bits per heavy atom. The van der Waals surface area contributed by atoms with E-state index in [1.54, 1.807) is 12.1 Å². The Morgan fingerprint density at radius 2 is 2.35 bits per heavy atom.